The predicted octanol–water partition coefficient (Wildman–Crippen LogP) is 1.57. The van der Waals surface area contributed by atoms with Gasteiger partial charge in [0.2, 0.25) is 0 Å². The molecule has 0 bridgehead atoms. The largest absolute Gasteiger partial charge is 0.392 e. The lowest BCUT2D eigenvalue weighted by molar-refractivity contribution is 0.0556. The topological polar surface area (TPSA) is 102 Å². The third-order valence-corrected chi connectivity index (χ3v) is 6.47. The summed E-state index contributed by atoms with van der Waals surface area (Å²) in [6.45, 7) is 2.24. The van der Waals surface area contributed by atoms with Crippen LogP contribution in [-0.2, 0) is 23.8 Å². The van der Waals surface area contributed by atoms with E-state index >= 15 is 0 Å². The quantitative estimate of drug-likeness (QED) is 0.377. The van der Waals surface area contributed by atoms with Gasteiger partial charge in [-0.15, -0.1) is 0 Å². The molecule has 1 aliphatic rings. The van der Waals surface area contributed by atoms with Crippen LogP contribution in [0.1, 0.15) is 42.5 Å². The molecular weight excluding hydrogens is 388 g/mol. The van der Waals surface area contributed by atoms with E-state index in [1.165, 1.54) is 5.56 Å². The van der Waals surface area contributed by atoms with Gasteiger partial charge in [-0.25, -0.2) is 8.93 Å². The second kappa shape index (κ2) is 10.4. The van der Waals surface area contributed by atoms with Crippen LogP contribution in [0, 0.1) is 0 Å². The van der Waals surface area contributed by atoms with Crippen LogP contribution in [0.5, 0.6) is 0 Å². The van der Waals surface area contributed by atoms with Gasteiger partial charge in [-0.05, 0) is 48.1 Å². The van der Waals surface area contributed by atoms with E-state index in [1.807, 2.05) is 48.5 Å². The van der Waals surface area contributed by atoms with Crippen molar-refractivity contribution < 1.29 is 19.5 Å². The predicted molar refractivity (Wildman–Crippen MR) is 114 cm³/mol. The number of aryl methyl sites for hydroxylation is 1. The molecule has 3 rings (SSSR count). The van der Waals surface area contributed by atoms with Crippen LogP contribution in [0.2, 0.25) is 0 Å². The molecule has 158 valence electrons. The zero-order valence-corrected chi connectivity index (χ0v) is 17.4. The molecule has 0 aliphatic heterocycles. The van der Waals surface area contributed by atoms with E-state index in [4.69, 9.17) is 0 Å². The molecule has 0 radical (unpaired) electrons. The summed E-state index contributed by atoms with van der Waals surface area (Å²) in [5, 5.41) is 33.8. The molecule has 0 aromatic heterocycles. The maximum atomic E-state index is 12.3. The van der Waals surface area contributed by atoms with Crippen molar-refractivity contribution in [3.8, 4) is 0 Å². The van der Waals surface area contributed by atoms with Crippen molar-refractivity contribution >= 4 is 11.0 Å². The molecule has 0 heterocycles. The van der Waals surface area contributed by atoms with Crippen molar-refractivity contribution in [2.45, 2.75) is 62.0 Å². The van der Waals surface area contributed by atoms with E-state index in [-0.39, 0.29) is 12.6 Å². The molecule has 1 aliphatic carbocycles. The number of rotatable bonds is 10. The highest BCUT2D eigenvalue weighted by Gasteiger charge is 2.31. The maximum Gasteiger partial charge on any atom is 0.124 e. The van der Waals surface area contributed by atoms with Crippen LogP contribution in [0.15, 0.2) is 53.4 Å². The highest BCUT2D eigenvalue weighted by molar-refractivity contribution is 7.83. The van der Waals surface area contributed by atoms with E-state index in [0.717, 1.165) is 17.5 Å². The van der Waals surface area contributed by atoms with Crippen molar-refractivity contribution in [2.75, 3.05) is 6.54 Å². The van der Waals surface area contributed by atoms with E-state index < -0.39 is 29.4 Å². The third kappa shape index (κ3) is 5.94. The number of aliphatic hydroxyl groups excluding tert-OH is 3. The third-order valence-electron chi connectivity index (χ3n) is 5.34. The van der Waals surface area contributed by atoms with Gasteiger partial charge in [0.05, 0.1) is 23.1 Å². The summed E-state index contributed by atoms with van der Waals surface area (Å²) in [6, 6.07) is 15.0. The minimum absolute atomic E-state index is 0.170. The minimum Gasteiger partial charge on any atom is -0.392 e. The van der Waals surface area contributed by atoms with E-state index in [0.29, 0.717) is 24.2 Å². The molecule has 5 atom stereocenters. The van der Waals surface area contributed by atoms with Gasteiger partial charge in [0, 0.05) is 13.0 Å². The summed E-state index contributed by atoms with van der Waals surface area (Å²) in [5.74, 6) is 0. The van der Waals surface area contributed by atoms with E-state index in [1.54, 1.807) is 0 Å². The molecule has 0 saturated carbocycles. The molecule has 2 aromatic rings. The smallest absolute Gasteiger partial charge is 0.124 e. The molecule has 5 unspecified atom stereocenters. The fraction of sp³-hybridized carbons (Fsp3) is 0.455. The van der Waals surface area contributed by atoms with Crippen LogP contribution in [0.25, 0.3) is 0 Å². The number of hydrogen-bond acceptors (Lipinski definition) is 5. The Labute approximate surface area is 174 Å². The Balaban J connectivity index is 1.41. The molecule has 5 N–H and O–H groups in total. The van der Waals surface area contributed by atoms with Crippen LogP contribution >= 0.6 is 0 Å². The summed E-state index contributed by atoms with van der Waals surface area (Å²) < 4.78 is 15.1. The minimum atomic E-state index is -1.38. The van der Waals surface area contributed by atoms with Gasteiger partial charge in [-0.2, -0.15) is 0 Å². The molecule has 0 spiro atoms. The molecule has 0 saturated heterocycles. The van der Waals surface area contributed by atoms with Crippen molar-refractivity contribution in [2.24, 2.45) is 0 Å². The first kappa shape index (κ1) is 22.1. The Bertz CT molecular complexity index is 815. The molecule has 29 heavy (non-hydrogen) atoms. The zero-order valence-electron chi connectivity index (χ0n) is 16.6. The summed E-state index contributed by atoms with van der Waals surface area (Å²) in [5.41, 5.74) is 3.27. The standard InChI is InChI=1S/C22H30N2O4S/c1-2-15-7-10-18(11-8-15)29(28)23-14-17(25)9-12-21(27)24-22-19-6-4-3-5-16(19)13-20(22)26/h3-8,10-11,17,20-27H,2,9,12-14H2,1H3. The Morgan fingerprint density at radius 1 is 1.10 bits per heavy atom. The molecule has 6 nitrogen and oxygen atoms in total. The fourth-order valence-electron chi connectivity index (χ4n) is 3.62. The van der Waals surface area contributed by atoms with Gasteiger partial charge in [0.15, 0.2) is 0 Å². The zero-order chi connectivity index (χ0) is 20.8. The second-order valence-corrected chi connectivity index (χ2v) is 8.77. The van der Waals surface area contributed by atoms with Crippen molar-refractivity contribution in [1.29, 1.82) is 0 Å². The molecular formula is C22H30N2O4S. The number of hydrogen-bond donors (Lipinski definition) is 5. The molecule has 0 amide bonds. The molecule has 7 heteroatoms. The lowest BCUT2D eigenvalue weighted by atomic mass is 10.1. The summed E-state index contributed by atoms with van der Waals surface area (Å²) in [4.78, 5) is 0.671. The van der Waals surface area contributed by atoms with Crippen molar-refractivity contribution in [3.05, 3.63) is 65.2 Å². The monoisotopic (exact) mass is 418 g/mol. The average Bonchev–Trinajstić information content (AvgIpc) is 3.05. The summed E-state index contributed by atoms with van der Waals surface area (Å²) in [7, 11) is -1.38. The lowest BCUT2D eigenvalue weighted by Crippen LogP contribution is -2.38. The Kier molecular flexibility index (Phi) is 7.94. The Morgan fingerprint density at radius 2 is 1.83 bits per heavy atom. The first-order valence-corrected chi connectivity index (χ1v) is 11.2. The maximum absolute atomic E-state index is 12.3. The van der Waals surface area contributed by atoms with Crippen molar-refractivity contribution in [1.82, 2.24) is 10.0 Å². The van der Waals surface area contributed by atoms with Crippen LogP contribution in [-0.4, -0.2) is 44.5 Å². The number of nitrogens with one attached hydrogen (secondary N) is 2. The van der Waals surface area contributed by atoms with Gasteiger partial charge in [0.1, 0.15) is 17.2 Å². The summed E-state index contributed by atoms with van der Waals surface area (Å²) in [6.07, 6.45) is 0.0181. The second-order valence-electron chi connectivity index (χ2n) is 7.48. The van der Waals surface area contributed by atoms with Gasteiger partial charge >= 0.3 is 0 Å². The fourth-order valence-corrected chi connectivity index (χ4v) is 4.52. The van der Waals surface area contributed by atoms with Crippen LogP contribution < -0.4 is 10.0 Å². The average molecular weight is 419 g/mol. The molecule has 0 fully saturated rings. The number of aliphatic hydroxyl groups is 3. The number of benzene rings is 2. The summed E-state index contributed by atoms with van der Waals surface area (Å²) >= 11 is 0. The van der Waals surface area contributed by atoms with E-state index in [2.05, 4.69) is 17.0 Å². The van der Waals surface area contributed by atoms with Gasteiger partial charge in [0.25, 0.3) is 0 Å². The highest BCUT2D eigenvalue weighted by Crippen LogP contribution is 2.31. The number of fused-ring (bicyclic) bond motifs is 1. The van der Waals surface area contributed by atoms with E-state index in [9.17, 15) is 19.5 Å². The molecule has 2 aromatic carbocycles. The van der Waals surface area contributed by atoms with Gasteiger partial charge in [-0.1, -0.05) is 43.3 Å². The highest BCUT2D eigenvalue weighted by atomic mass is 32.2. The van der Waals surface area contributed by atoms with Gasteiger partial charge in [-0.3, -0.25) is 5.32 Å². The Hall–Kier alpha value is -1.61. The SMILES string of the molecule is CCc1ccc(S(=O)NCC(O)CCC(O)NC2c3ccccc3CC2O)cc1. The van der Waals surface area contributed by atoms with Gasteiger partial charge < -0.3 is 15.3 Å². The first-order valence-electron chi connectivity index (χ1n) is 10.1. The first-order chi connectivity index (χ1) is 14.0. The Morgan fingerprint density at radius 3 is 2.55 bits per heavy atom. The van der Waals surface area contributed by atoms with Crippen LogP contribution in [0.4, 0.5) is 0 Å². The lowest BCUT2D eigenvalue weighted by Gasteiger charge is -2.23. The normalized spacial score (nSPS) is 21.5. The van der Waals surface area contributed by atoms with Crippen molar-refractivity contribution in [3.63, 3.8) is 0 Å². The van der Waals surface area contributed by atoms with Crippen LogP contribution in [0.3, 0.4) is 0 Å².